The highest BCUT2D eigenvalue weighted by Gasteiger charge is 2.25. The van der Waals surface area contributed by atoms with Crippen molar-refractivity contribution < 1.29 is 17.6 Å². The monoisotopic (exact) mass is 419 g/mol. The molecule has 1 amide bonds. The number of sulfonamides is 1. The predicted molar refractivity (Wildman–Crippen MR) is 112 cm³/mol. The molecule has 0 atom stereocenters. The molecule has 2 aromatic rings. The summed E-state index contributed by atoms with van der Waals surface area (Å²) in [7, 11) is -3.55. The van der Waals surface area contributed by atoms with Crippen molar-refractivity contribution in [3.63, 3.8) is 0 Å². The molecule has 8 heteroatoms. The van der Waals surface area contributed by atoms with E-state index in [4.69, 9.17) is 0 Å². The first-order valence-electron chi connectivity index (χ1n) is 9.76. The normalized spacial score (nSPS) is 15.5. The second kappa shape index (κ2) is 9.37. The maximum Gasteiger partial charge on any atom is 0.243 e. The van der Waals surface area contributed by atoms with Crippen molar-refractivity contribution in [3.05, 3.63) is 53.8 Å². The van der Waals surface area contributed by atoms with E-state index in [1.54, 1.807) is 43.3 Å². The van der Waals surface area contributed by atoms with Crippen molar-refractivity contribution in [1.29, 1.82) is 0 Å². The van der Waals surface area contributed by atoms with Gasteiger partial charge in [0.25, 0.3) is 0 Å². The number of aryl methyl sites for hydroxylation is 1. The first kappa shape index (κ1) is 21.3. The van der Waals surface area contributed by atoms with Crippen LogP contribution in [-0.2, 0) is 14.8 Å². The molecule has 2 N–H and O–H groups in total. The number of carbonyl (C=O) groups is 1. The van der Waals surface area contributed by atoms with Gasteiger partial charge < -0.3 is 10.6 Å². The van der Waals surface area contributed by atoms with E-state index in [1.165, 1.54) is 10.4 Å². The number of nitrogens with zero attached hydrogens (tertiary/aromatic N) is 1. The molecule has 0 saturated carbocycles. The third kappa shape index (κ3) is 5.55. The van der Waals surface area contributed by atoms with Crippen molar-refractivity contribution in [2.24, 2.45) is 0 Å². The van der Waals surface area contributed by atoms with E-state index in [2.05, 4.69) is 10.6 Å². The fourth-order valence-electron chi connectivity index (χ4n) is 3.26. The number of nitrogens with one attached hydrogen (secondary N) is 2. The summed E-state index contributed by atoms with van der Waals surface area (Å²) in [5, 5.41) is 5.55. The standard InChI is InChI=1S/C21H26FN3O3S/c1-16-9-10-18(14-20(16)22)24-21(26)15-23-17-7-6-8-19(13-17)29(27,28)25-11-4-2-3-5-12-25/h6-10,13-14,23H,2-5,11-12,15H2,1H3,(H,24,26). The Morgan fingerprint density at radius 1 is 1.03 bits per heavy atom. The van der Waals surface area contributed by atoms with E-state index in [9.17, 15) is 17.6 Å². The Morgan fingerprint density at radius 2 is 1.76 bits per heavy atom. The van der Waals surface area contributed by atoms with Gasteiger partial charge in [-0.05, 0) is 55.7 Å². The van der Waals surface area contributed by atoms with Gasteiger partial charge in [-0.3, -0.25) is 4.79 Å². The zero-order valence-electron chi connectivity index (χ0n) is 16.4. The van der Waals surface area contributed by atoms with Gasteiger partial charge in [-0.2, -0.15) is 4.31 Å². The Morgan fingerprint density at radius 3 is 2.45 bits per heavy atom. The van der Waals surface area contributed by atoms with E-state index in [0.717, 1.165) is 25.7 Å². The van der Waals surface area contributed by atoms with Crippen LogP contribution in [0.4, 0.5) is 15.8 Å². The number of carbonyl (C=O) groups excluding carboxylic acids is 1. The summed E-state index contributed by atoms with van der Waals surface area (Å²) in [6.07, 6.45) is 3.84. The minimum absolute atomic E-state index is 0.0668. The van der Waals surface area contributed by atoms with Gasteiger partial charge in [0, 0.05) is 24.5 Å². The fraction of sp³-hybridized carbons (Fsp3) is 0.381. The zero-order valence-corrected chi connectivity index (χ0v) is 17.3. The molecule has 2 aromatic carbocycles. The highest BCUT2D eigenvalue weighted by molar-refractivity contribution is 7.89. The maximum absolute atomic E-state index is 13.6. The molecule has 1 saturated heterocycles. The van der Waals surface area contributed by atoms with E-state index < -0.39 is 10.0 Å². The molecule has 1 aliphatic rings. The molecule has 0 bridgehead atoms. The lowest BCUT2D eigenvalue weighted by Gasteiger charge is -2.20. The van der Waals surface area contributed by atoms with Gasteiger partial charge in [-0.1, -0.05) is 25.0 Å². The summed E-state index contributed by atoms with van der Waals surface area (Å²) < 4.78 is 41.0. The Labute approximate surface area is 171 Å². The molecule has 1 fully saturated rings. The van der Waals surface area contributed by atoms with Crippen LogP contribution in [0.2, 0.25) is 0 Å². The lowest BCUT2D eigenvalue weighted by atomic mass is 10.2. The summed E-state index contributed by atoms with van der Waals surface area (Å²) in [5.41, 5.74) is 1.41. The van der Waals surface area contributed by atoms with Crippen molar-refractivity contribution in [2.45, 2.75) is 37.5 Å². The second-order valence-corrected chi connectivity index (χ2v) is 9.15. The molecule has 6 nitrogen and oxygen atoms in total. The van der Waals surface area contributed by atoms with Gasteiger partial charge >= 0.3 is 0 Å². The van der Waals surface area contributed by atoms with Gasteiger partial charge in [-0.15, -0.1) is 0 Å². The van der Waals surface area contributed by atoms with Crippen molar-refractivity contribution in [1.82, 2.24) is 4.31 Å². The lowest BCUT2D eigenvalue weighted by Crippen LogP contribution is -2.32. The summed E-state index contributed by atoms with van der Waals surface area (Å²) >= 11 is 0. The summed E-state index contributed by atoms with van der Waals surface area (Å²) in [4.78, 5) is 12.3. The Kier molecular flexibility index (Phi) is 6.87. The van der Waals surface area contributed by atoms with Crippen molar-refractivity contribution >= 4 is 27.3 Å². The molecule has 0 radical (unpaired) electrons. The molecule has 3 rings (SSSR count). The van der Waals surface area contributed by atoms with E-state index in [1.807, 2.05) is 0 Å². The number of rotatable bonds is 6. The molecule has 0 aliphatic carbocycles. The molecule has 1 heterocycles. The van der Waals surface area contributed by atoms with Crippen LogP contribution in [0.15, 0.2) is 47.4 Å². The van der Waals surface area contributed by atoms with E-state index in [0.29, 0.717) is 30.0 Å². The van der Waals surface area contributed by atoms with E-state index >= 15 is 0 Å². The lowest BCUT2D eigenvalue weighted by molar-refractivity contribution is -0.114. The highest BCUT2D eigenvalue weighted by atomic mass is 32.2. The van der Waals surface area contributed by atoms with Gasteiger partial charge in [-0.25, -0.2) is 12.8 Å². The number of benzene rings is 2. The van der Waals surface area contributed by atoms with Gasteiger partial charge in [0.2, 0.25) is 15.9 Å². The molecule has 0 aromatic heterocycles. The smallest absolute Gasteiger partial charge is 0.243 e. The van der Waals surface area contributed by atoms with Crippen LogP contribution in [-0.4, -0.2) is 38.3 Å². The van der Waals surface area contributed by atoms with Gasteiger partial charge in [0.1, 0.15) is 5.82 Å². The first-order valence-corrected chi connectivity index (χ1v) is 11.2. The van der Waals surface area contributed by atoms with Crippen LogP contribution in [0.1, 0.15) is 31.2 Å². The van der Waals surface area contributed by atoms with Crippen LogP contribution >= 0.6 is 0 Å². The molecule has 156 valence electrons. The number of hydrogen-bond donors (Lipinski definition) is 2. The quantitative estimate of drug-likeness (QED) is 0.748. The summed E-state index contributed by atoms with van der Waals surface area (Å²) in [5.74, 6) is -0.740. The largest absolute Gasteiger partial charge is 0.376 e. The van der Waals surface area contributed by atoms with Crippen LogP contribution in [0.5, 0.6) is 0 Å². The van der Waals surface area contributed by atoms with Gasteiger partial charge in [0.15, 0.2) is 0 Å². The van der Waals surface area contributed by atoms with Crippen LogP contribution < -0.4 is 10.6 Å². The second-order valence-electron chi connectivity index (χ2n) is 7.21. The third-order valence-electron chi connectivity index (χ3n) is 4.95. The SMILES string of the molecule is Cc1ccc(NC(=O)CNc2cccc(S(=O)(=O)N3CCCCCC3)c2)cc1F. The molecule has 0 unspecified atom stereocenters. The fourth-order valence-corrected chi connectivity index (χ4v) is 4.82. The molecule has 29 heavy (non-hydrogen) atoms. The Hall–Kier alpha value is -2.45. The average molecular weight is 420 g/mol. The summed E-state index contributed by atoms with van der Waals surface area (Å²) in [6.45, 7) is 2.66. The molecule has 1 aliphatic heterocycles. The number of anilines is 2. The van der Waals surface area contributed by atoms with Crippen molar-refractivity contribution in [2.75, 3.05) is 30.3 Å². The molecule has 0 spiro atoms. The first-order chi connectivity index (χ1) is 13.9. The summed E-state index contributed by atoms with van der Waals surface area (Å²) in [6, 6.07) is 11.0. The number of amides is 1. The number of hydrogen-bond acceptors (Lipinski definition) is 4. The topological polar surface area (TPSA) is 78.5 Å². The van der Waals surface area contributed by atoms with E-state index in [-0.39, 0.29) is 23.2 Å². The Bertz CT molecular complexity index is 971. The van der Waals surface area contributed by atoms with Crippen LogP contribution in [0.25, 0.3) is 0 Å². The molecular formula is C21H26FN3O3S. The maximum atomic E-state index is 13.6. The minimum Gasteiger partial charge on any atom is -0.376 e. The predicted octanol–water partition coefficient (Wildman–Crippen LogP) is 3.75. The third-order valence-corrected chi connectivity index (χ3v) is 6.84. The van der Waals surface area contributed by atoms with Crippen molar-refractivity contribution in [3.8, 4) is 0 Å². The van der Waals surface area contributed by atoms with Crippen LogP contribution in [0.3, 0.4) is 0 Å². The van der Waals surface area contributed by atoms with Crippen LogP contribution in [0, 0.1) is 12.7 Å². The Balaban J connectivity index is 1.63. The zero-order chi connectivity index (χ0) is 20.9. The average Bonchev–Trinajstić information content (AvgIpc) is 3.00. The molecular weight excluding hydrogens is 393 g/mol. The number of halogens is 1. The van der Waals surface area contributed by atoms with Gasteiger partial charge in [0.05, 0.1) is 11.4 Å². The highest BCUT2D eigenvalue weighted by Crippen LogP contribution is 2.22. The minimum atomic E-state index is -3.55.